The van der Waals surface area contributed by atoms with Gasteiger partial charge < -0.3 is 11.1 Å². The van der Waals surface area contributed by atoms with E-state index in [0.29, 0.717) is 0 Å². The molecule has 0 saturated heterocycles. The molecule has 1 aromatic heterocycles. The number of benzene rings is 1. The first-order chi connectivity index (χ1) is 9.38. The van der Waals surface area contributed by atoms with E-state index in [2.05, 4.69) is 10.3 Å². The summed E-state index contributed by atoms with van der Waals surface area (Å²) < 4.78 is 38.8. The van der Waals surface area contributed by atoms with Crippen molar-refractivity contribution in [2.45, 2.75) is 0 Å². The zero-order chi connectivity index (χ0) is 14.9. The quantitative estimate of drug-likeness (QED) is 0.513. The Morgan fingerprint density at radius 3 is 2.30 bits per heavy atom. The summed E-state index contributed by atoms with van der Waals surface area (Å²) in [6.45, 7) is 0. The molecule has 9 heteroatoms. The lowest BCUT2D eigenvalue weighted by atomic mass is 10.2. The van der Waals surface area contributed by atoms with Gasteiger partial charge in [-0.25, -0.2) is 18.2 Å². The zero-order valence-corrected chi connectivity index (χ0v) is 9.73. The van der Waals surface area contributed by atoms with Crippen LogP contribution in [-0.2, 0) is 0 Å². The van der Waals surface area contributed by atoms with Gasteiger partial charge in [-0.2, -0.15) is 0 Å². The third-order valence-electron chi connectivity index (χ3n) is 2.36. The fraction of sp³-hybridized carbons (Fsp3) is 0. The number of pyridine rings is 1. The van der Waals surface area contributed by atoms with Crippen LogP contribution in [0, 0.1) is 27.6 Å². The summed E-state index contributed by atoms with van der Waals surface area (Å²) >= 11 is 0. The molecule has 20 heavy (non-hydrogen) atoms. The average Bonchev–Trinajstić information content (AvgIpc) is 2.35. The van der Waals surface area contributed by atoms with Crippen molar-refractivity contribution in [3.63, 3.8) is 0 Å². The molecule has 0 spiro atoms. The SMILES string of the molecule is Nc1nc(Nc2cc(F)c(F)c(F)c2)ccc1[N+](=O)[O-]. The highest BCUT2D eigenvalue weighted by atomic mass is 19.2. The molecule has 1 heterocycles. The molecular formula is C11H7F3N4O2. The summed E-state index contributed by atoms with van der Waals surface area (Å²) in [5.41, 5.74) is 4.85. The monoisotopic (exact) mass is 284 g/mol. The number of nitrogens with zero attached hydrogens (tertiary/aromatic N) is 2. The molecule has 0 atom stereocenters. The molecule has 0 amide bonds. The van der Waals surface area contributed by atoms with Crippen LogP contribution in [0.2, 0.25) is 0 Å². The van der Waals surface area contributed by atoms with E-state index in [0.717, 1.165) is 18.2 Å². The van der Waals surface area contributed by atoms with Gasteiger partial charge in [0.25, 0.3) is 0 Å². The molecule has 0 fully saturated rings. The highest BCUT2D eigenvalue weighted by Crippen LogP contribution is 2.24. The first kappa shape index (κ1) is 13.6. The first-order valence-corrected chi connectivity index (χ1v) is 5.21. The molecule has 3 N–H and O–H groups in total. The summed E-state index contributed by atoms with van der Waals surface area (Å²) in [7, 11) is 0. The second-order valence-electron chi connectivity index (χ2n) is 3.74. The fourth-order valence-electron chi connectivity index (χ4n) is 1.47. The number of anilines is 3. The second-order valence-corrected chi connectivity index (χ2v) is 3.74. The van der Waals surface area contributed by atoms with Gasteiger partial charge in [0.2, 0.25) is 5.82 Å². The number of halogens is 3. The van der Waals surface area contributed by atoms with Crippen LogP contribution in [-0.4, -0.2) is 9.91 Å². The van der Waals surface area contributed by atoms with Gasteiger partial charge in [-0.15, -0.1) is 0 Å². The largest absolute Gasteiger partial charge is 0.378 e. The van der Waals surface area contributed by atoms with Gasteiger partial charge in [0.15, 0.2) is 17.5 Å². The van der Waals surface area contributed by atoms with Crippen molar-refractivity contribution in [3.05, 3.63) is 51.8 Å². The van der Waals surface area contributed by atoms with Gasteiger partial charge in [-0.3, -0.25) is 10.1 Å². The van der Waals surface area contributed by atoms with E-state index in [1.54, 1.807) is 0 Å². The Kier molecular flexibility index (Phi) is 3.42. The predicted octanol–water partition coefficient (Wildman–Crippen LogP) is 2.73. The van der Waals surface area contributed by atoms with Crippen LogP contribution in [0.4, 0.5) is 36.2 Å². The molecule has 0 unspecified atom stereocenters. The number of rotatable bonds is 3. The van der Waals surface area contributed by atoms with E-state index in [9.17, 15) is 23.3 Å². The summed E-state index contributed by atoms with van der Waals surface area (Å²) in [5, 5.41) is 13.0. The summed E-state index contributed by atoms with van der Waals surface area (Å²) in [6, 6.07) is 3.73. The first-order valence-electron chi connectivity index (χ1n) is 5.21. The van der Waals surface area contributed by atoms with Gasteiger partial charge in [-0.1, -0.05) is 0 Å². The normalized spacial score (nSPS) is 10.3. The van der Waals surface area contributed by atoms with Gasteiger partial charge >= 0.3 is 5.69 Å². The third-order valence-corrected chi connectivity index (χ3v) is 2.36. The molecule has 2 aromatic rings. The van der Waals surface area contributed by atoms with Crippen molar-refractivity contribution in [1.29, 1.82) is 0 Å². The molecule has 0 radical (unpaired) electrons. The zero-order valence-electron chi connectivity index (χ0n) is 9.73. The number of nitrogen functional groups attached to an aromatic ring is 1. The van der Waals surface area contributed by atoms with Gasteiger partial charge in [-0.05, 0) is 6.07 Å². The third kappa shape index (κ3) is 2.60. The molecule has 6 nitrogen and oxygen atoms in total. The Morgan fingerprint density at radius 1 is 1.20 bits per heavy atom. The van der Waals surface area contributed by atoms with E-state index in [1.165, 1.54) is 6.07 Å². The van der Waals surface area contributed by atoms with Crippen molar-refractivity contribution in [2.24, 2.45) is 0 Å². The minimum absolute atomic E-state index is 0.0264. The van der Waals surface area contributed by atoms with Crippen LogP contribution in [0.5, 0.6) is 0 Å². The molecule has 0 aliphatic carbocycles. The molecule has 0 aliphatic heterocycles. The Bertz CT molecular complexity index is 670. The number of nitro groups is 1. The lowest BCUT2D eigenvalue weighted by Gasteiger charge is -2.07. The summed E-state index contributed by atoms with van der Waals surface area (Å²) in [5.74, 6) is -4.67. The van der Waals surface area contributed by atoms with E-state index in [4.69, 9.17) is 5.73 Å². The van der Waals surface area contributed by atoms with Crippen molar-refractivity contribution in [1.82, 2.24) is 4.98 Å². The summed E-state index contributed by atoms with van der Waals surface area (Å²) in [4.78, 5) is 13.5. The van der Waals surface area contributed by atoms with Crippen LogP contribution in [0.3, 0.4) is 0 Å². The number of hydrogen-bond donors (Lipinski definition) is 2. The molecule has 2 rings (SSSR count). The van der Waals surface area contributed by atoms with Gasteiger partial charge in [0, 0.05) is 23.9 Å². The Morgan fingerprint density at radius 2 is 1.80 bits per heavy atom. The topological polar surface area (TPSA) is 94.1 Å². The lowest BCUT2D eigenvalue weighted by Crippen LogP contribution is -2.02. The molecule has 1 aromatic carbocycles. The minimum atomic E-state index is -1.59. The lowest BCUT2D eigenvalue weighted by molar-refractivity contribution is -0.384. The highest BCUT2D eigenvalue weighted by Gasteiger charge is 2.14. The van der Waals surface area contributed by atoms with Crippen LogP contribution in [0.15, 0.2) is 24.3 Å². The average molecular weight is 284 g/mol. The van der Waals surface area contributed by atoms with Crippen LogP contribution in [0.1, 0.15) is 0 Å². The molecule has 0 bridgehead atoms. The minimum Gasteiger partial charge on any atom is -0.378 e. The van der Waals surface area contributed by atoms with Crippen molar-refractivity contribution in [2.75, 3.05) is 11.1 Å². The van der Waals surface area contributed by atoms with Crippen molar-refractivity contribution >= 4 is 23.0 Å². The van der Waals surface area contributed by atoms with E-state index < -0.39 is 28.1 Å². The maximum Gasteiger partial charge on any atom is 0.311 e. The maximum atomic E-state index is 13.0. The fourth-order valence-corrected chi connectivity index (χ4v) is 1.47. The van der Waals surface area contributed by atoms with Gasteiger partial charge in [0.05, 0.1) is 4.92 Å². The van der Waals surface area contributed by atoms with Crippen LogP contribution >= 0.6 is 0 Å². The number of nitrogens with one attached hydrogen (secondary N) is 1. The standard InChI is InChI=1S/C11H7F3N4O2/c12-6-3-5(4-7(13)10(6)14)16-9-2-1-8(18(19)20)11(15)17-9/h1-4H,(H3,15,16,17). The summed E-state index contributed by atoms with van der Waals surface area (Å²) in [6.07, 6.45) is 0. The molecule has 0 saturated carbocycles. The molecule has 0 aliphatic rings. The maximum absolute atomic E-state index is 13.0. The van der Waals surface area contributed by atoms with E-state index in [1.807, 2.05) is 0 Å². The highest BCUT2D eigenvalue weighted by molar-refractivity contribution is 5.62. The van der Waals surface area contributed by atoms with Crippen LogP contribution in [0.25, 0.3) is 0 Å². The Balaban J connectivity index is 2.31. The predicted molar refractivity (Wildman–Crippen MR) is 64.9 cm³/mol. The number of nitrogens with two attached hydrogens (primary N) is 1. The van der Waals surface area contributed by atoms with E-state index >= 15 is 0 Å². The Hall–Kier alpha value is -2.84. The van der Waals surface area contributed by atoms with Crippen molar-refractivity contribution < 1.29 is 18.1 Å². The molecular weight excluding hydrogens is 277 g/mol. The van der Waals surface area contributed by atoms with E-state index in [-0.39, 0.29) is 17.3 Å². The smallest absolute Gasteiger partial charge is 0.311 e. The number of aromatic nitrogens is 1. The van der Waals surface area contributed by atoms with Crippen molar-refractivity contribution in [3.8, 4) is 0 Å². The van der Waals surface area contributed by atoms with Crippen LogP contribution < -0.4 is 11.1 Å². The van der Waals surface area contributed by atoms with Gasteiger partial charge in [0.1, 0.15) is 5.82 Å². The Labute approximate surface area is 110 Å². The molecule has 104 valence electrons. The second kappa shape index (κ2) is 5.03. The number of hydrogen-bond acceptors (Lipinski definition) is 5.